The van der Waals surface area contributed by atoms with Crippen LogP contribution in [0.2, 0.25) is 0 Å². The molecule has 1 aliphatic heterocycles. The highest BCUT2D eigenvalue weighted by atomic mass is 16.5. The predicted octanol–water partition coefficient (Wildman–Crippen LogP) is 3.02. The van der Waals surface area contributed by atoms with Crippen molar-refractivity contribution in [1.82, 2.24) is 5.32 Å². The van der Waals surface area contributed by atoms with Crippen LogP contribution >= 0.6 is 0 Å². The first-order chi connectivity index (χ1) is 9.92. The van der Waals surface area contributed by atoms with Crippen LogP contribution in [-0.2, 0) is 6.54 Å². The number of hydrogen-bond acceptors (Lipinski definition) is 3. The molecule has 3 aliphatic rings. The Balaban J connectivity index is 1.37. The molecule has 0 aromatic heterocycles. The summed E-state index contributed by atoms with van der Waals surface area (Å²) >= 11 is 0. The van der Waals surface area contributed by atoms with E-state index < -0.39 is 0 Å². The fourth-order valence-electron chi connectivity index (χ4n) is 3.51. The Kier molecular flexibility index (Phi) is 3.31. The predicted molar refractivity (Wildman–Crippen MR) is 81.1 cm³/mol. The van der Waals surface area contributed by atoms with Crippen LogP contribution in [0, 0.1) is 17.8 Å². The number of nitrogens with one attached hydrogen (secondary N) is 2. The largest absolute Gasteiger partial charge is 0.489 e. The fraction of sp³-hybridized carbons (Fsp3) is 0.647. The maximum Gasteiger partial charge on any atom is 0.146 e. The lowest BCUT2D eigenvalue weighted by Gasteiger charge is -2.22. The molecule has 0 spiro atoms. The summed E-state index contributed by atoms with van der Waals surface area (Å²) in [5.41, 5.74) is 2.44. The third-order valence-electron chi connectivity index (χ3n) is 4.91. The van der Waals surface area contributed by atoms with Gasteiger partial charge in [0.15, 0.2) is 0 Å². The number of anilines is 1. The summed E-state index contributed by atoms with van der Waals surface area (Å²) in [6, 6.07) is 6.41. The third-order valence-corrected chi connectivity index (χ3v) is 4.91. The molecule has 2 saturated carbocycles. The van der Waals surface area contributed by atoms with Crippen molar-refractivity contribution in [3.05, 3.63) is 23.8 Å². The van der Waals surface area contributed by atoms with Crippen LogP contribution in [0.3, 0.4) is 0 Å². The topological polar surface area (TPSA) is 33.3 Å². The van der Waals surface area contributed by atoms with Gasteiger partial charge in [-0.15, -0.1) is 0 Å². The van der Waals surface area contributed by atoms with E-state index in [4.69, 9.17) is 4.74 Å². The number of para-hydroxylation sites is 1. The molecule has 0 bridgehead atoms. The first kappa shape index (κ1) is 12.5. The summed E-state index contributed by atoms with van der Waals surface area (Å²) in [4.78, 5) is 0. The zero-order chi connectivity index (χ0) is 13.4. The number of benzene rings is 1. The van der Waals surface area contributed by atoms with Crippen LogP contribution in [0.25, 0.3) is 0 Å². The smallest absolute Gasteiger partial charge is 0.146 e. The van der Waals surface area contributed by atoms with Crippen LogP contribution in [0.5, 0.6) is 5.75 Å². The van der Waals surface area contributed by atoms with Gasteiger partial charge >= 0.3 is 0 Å². The highest BCUT2D eigenvalue weighted by molar-refractivity contribution is 5.61. The highest BCUT2D eigenvalue weighted by Gasteiger charge is 2.40. The molecule has 0 atom stereocenters. The third kappa shape index (κ3) is 2.64. The molecule has 0 amide bonds. The molecule has 0 unspecified atom stereocenters. The Hall–Kier alpha value is -1.22. The molecule has 2 N–H and O–H groups in total. The minimum Gasteiger partial charge on any atom is -0.489 e. The monoisotopic (exact) mass is 272 g/mol. The van der Waals surface area contributed by atoms with Gasteiger partial charge in [-0.2, -0.15) is 0 Å². The average Bonchev–Trinajstić information content (AvgIpc) is 3.38. The van der Waals surface area contributed by atoms with Gasteiger partial charge in [-0.1, -0.05) is 12.1 Å². The van der Waals surface area contributed by atoms with Crippen LogP contribution < -0.4 is 15.4 Å². The van der Waals surface area contributed by atoms with Crippen molar-refractivity contribution in [2.24, 2.45) is 17.8 Å². The molecule has 3 heteroatoms. The Bertz CT molecular complexity index is 468. The normalized spacial score (nSPS) is 21.2. The van der Waals surface area contributed by atoms with Gasteiger partial charge in [-0.3, -0.25) is 0 Å². The molecular weight excluding hydrogens is 248 g/mol. The highest BCUT2D eigenvalue weighted by Crippen LogP contribution is 2.48. The van der Waals surface area contributed by atoms with Crippen LogP contribution in [0.1, 0.15) is 31.2 Å². The van der Waals surface area contributed by atoms with Gasteiger partial charge in [0.25, 0.3) is 0 Å². The van der Waals surface area contributed by atoms with Gasteiger partial charge in [0.2, 0.25) is 0 Å². The number of fused-ring (bicyclic) bond motifs is 1. The van der Waals surface area contributed by atoms with Crippen molar-refractivity contribution in [3.8, 4) is 5.75 Å². The summed E-state index contributed by atoms with van der Waals surface area (Å²) < 4.78 is 5.83. The number of rotatable bonds is 6. The summed E-state index contributed by atoms with van der Waals surface area (Å²) in [5, 5.41) is 7.09. The van der Waals surface area contributed by atoms with Crippen molar-refractivity contribution >= 4 is 5.69 Å². The number of ether oxygens (including phenoxy) is 1. The molecule has 0 saturated heterocycles. The van der Waals surface area contributed by atoms with E-state index in [0.717, 1.165) is 48.9 Å². The van der Waals surface area contributed by atoms with E-state index in [1.165, 1.54) is 37.8 Å². The quantitative estimate of drug-likeness (QED) is 0.835. The Labute approximate surface area is 121 Å². The minimum atomic E-state index is 0.775. The molecule has 2 fully saturated rings. The van der Waals surface area contributed by atoms with E-state index in [2.05, 4.69) is 28.8 Å². The second-order valence-corrected chi connectivity index (χ2v) is 6.54. The van der Waals surface area contributed by atoms with Crippen LogP contribution in [0.4, 0.5) is 5.69 Å². The lowest BCUT2D eigenvalue weighted by atomic mass is 9.98. The van der Waals surface area contributed by atoms with Gasteiger partial charge in [0, 0.05) is 18.7 Å². The van der Waals surface area contributed by atoms with Crippen LogP contribution in [0.15, 0.2) is 18.2 Å². The molecule has 2 aliphatic carbocycles. The lowest BCUT2D eigenvalue weighted by Crippen LogP contribution is -2.26. The maximum absolute atomic E-state index is 5.83. The standard InChI is InChI=1S/C17H24N2O/c1-2-14(17-16(3-1)19-8-9-20-17)10-18-11-15(12-4-5-12)13-6-7-13/h1-3,12-13,15,18-19H,4-11H2. The van der Waals surface area contributed by atoms with Gasteiger partial charge in [-0.25, -0.2) is 0 Å². The summed E-state index contributed by atoms with van der Waals surface area (Å²) in [5.74, 6) is 4.05. The molecular formula is C17H24N2O. The maximum atomic E-state index is 5.83. The zero-order valence-corrected chi connectivity index (χ0v) is 12.0. The summed E-state index contributed by atoms with van der Waals surface area (Å²) in [6.07, 6.45) is 5.88. The van der Waals surface area contributed by atoms with Gasteiger partial charge in [-0.05, 0) is 56.0 Å². The SMILES string of the molecule is c1cc(CNCC(C2CC2)C2CC2)c2c(c1)NCCO2. The molecule has 1 heterocycles. The number of hydrogen-bond donors (Lipinski definition) is 2. The van der Waals surface area contributed by atoms with Crippen molar-refractivity contribution in [2.75, 3.05) is 25.0 Å². The molecule has 0 radical (unpaired) electrons. The van der Waals surface area contributed by atoms with Gasteiger partial charge in [0.05, 0.1) is 5.69 Å². The van der Waals surface area contributed by atoms with E-state index in [-0.39, 0.29) is 0 Å². The summed E-state index contributed by atoms with van der Waals surface area (Å²) in [6.45, 7) is 3.80. The first-order valence-corrected chi connectivity index (χ1v) is 8.11. The molecule has 108 valence electrons. The van der Waals surface area contributed by atoms with Crippen molar-refractivity contribution < 1.29 is 4.74 Å². The Morgan fingerprint density at radius 1 is 1.20 bits per heavy atom. The van der Waals surface area contributed by atoms with E-state index in [0.29, 0.717) is 0 Å². The summed E-state index contributed by atoms with van der Waals surface area (Å²) in [7, 11) is 0. The second kappa shape index (κ2) is 5.28. The van der Waals surface area contributed by atoms with E-state index in [9.17, 15) is 0 Å². The van der Waals surface area contributed by atoms with Crippen molar-refractivity contribution in [2.45, 2.75) is 32.2 Å². The van der Waals surface area contributed by atoms with Crippen molar-refractivity contribution in [3.63, 3.8) is 0 Å². The average molecular weight is 272 g/mol. The lowest BCUT2D eigenvalue weighted by molar-refractivity contribution is 0.317. The van der Waals surface area contributed by atoms with Gasteiger partial charge < -0.3 is 15.4 Å². The second-order valence-electron chi connectivity index (χ2n) is 6.54. The Morgan fingerprint density at radius 2 is 2.00 bits per heavy atom. The van der Waals surface area contributed by atoms with E-state index in [1.807, 2.05) is 0 Å². The Morgan fingerprint density at radius 3 is 2.75 bits per heavy atom. The molecule has 1 aromatic rings. The molecule has 1 aromatic carbocycles. The minimum absolute atomic E-state index is 0.775. The molecule has 4 rings (SSSR count). The fourth-order valence-corrected chi connectivity index (χ4v) is 3.51. The molecule has 3 nitrogen and oxygen atoms in total. The van der Waals surface area contributed by atoms with E-state index in [1.54, 1.807) is 0 Å². The van der Waals surface area contributed by atoms with Crippen molar-refractivity contribution in [1.29, 1.82) is 0 Å². The van der Waals surface area contributed by atoms with Gasteiger partial charge in [0.1, 0.15) is 12.4 Å². The zero-order valence-electron chi connectivity index (χ0n) is 12.0. The first-order valence-electron chi connectivity index (χ1n) is 8.11. The van der Waals surface area contributed by atoms with E-state index >= 15 is 0 Å². The molecule has 20 heavy (non-hydrogen) atoms. The van der Waals surface area contributed by atoms with Crippen LogP contribution in [-0.4, -0.2) is 19.7 Å².